The molecule has 3 N–H and O–H groups in total. The lowest BCUT2D eigenvalue weighted by molar-refractivity contribution is -0.121. The number of sulfonamides is 1. The Hall–Kier alpha value is -4.28. The minimum Gasteiger partial charge on any atom is -0.506 e. The van der Waals surface area contributed by atoms with Gasteiger partial charge in [-0.05, 0) is 59.7 Å². The van der Waals surface area contributed by atoms with Gasteiger partial charge in [-0.1, -0.05) is 41.9 Å². The molecule has 9 nitrogen and oxygen atoms in total. The van der Waals surface area contributed by atoms with Crippen LogP contribution < -0.4 is 10.0 Å². The van der Waals surface area contributed by atoms with E-state index in [0.29, 0.717) is 5.02 Å². The van der Waals surface area contributed by atoms with Crippen molar-refractivity contribution in [2.24, 2.45) is 0 Å². The minimum atomic E-state index is -4.07. The molecule has 1 aromatic heterocycles. The molecule has 38 heavy (non-hydrogen) atoms. The standard InChI is InChI=1S/C27H22ClN3O6S/c28-19-7-3-8-20(14-19)30-38(35,36)21-10-11-24(32)22(15-21)29-26(33)23-13-17-5-1-2-6-18(17)16-31(23)27(34)25-9-4-12-37-25/h1-12,14-15,23,30,32H,13,16H2,(H,29,33). The van der Waals surface area contributed by atoms with Gasteiger partial charge >= 0.3 is 0 Å². The number of aromatic hydroxyl groups is 1. The summed E-state index contributed by atoms with van der Waals surface area (Å²) in [5.74, 6) is -1.30. The number of phenolic OH excluding ortho intramolecular Hbond substituents is 1. The fraction of sp³-hybridized carbons (Fsp3) is 0.111. The van der Waals surface area contributed by atoms with Crippen LogP contribution in [-0.4, -0.2) is 36.3 Å². The van der Waals surface area contributed by atoms with E-state index in [9.17, 15) is 23.1 Å². The highest BCUT2D eigenvalue weighted by Gasteiger charge is 2.36. The molecular weight excluding hydrogens is 530 g/mol. The number of benzene rings is 3. The number of nitrogens with zero attached hydrogens (tertiary/aromatic N) is 1. The van der Waals surface area contributed by atoms with Gasteiger partial charge in [0.1, 0.15) is 11.8 Å². The molecular formula is C27H22ClN3O6S. The molecule has 1 unspecified atom stereocenters. The topological polar surface area (TPSA) is 129 Å². The Labute approximate surface area is 223 Å². The average molecular weight is 552 g/mol. The fourth-order valence-corrected chi connectivity index (χ4v) is 5.54. The van der Waals surface area contributed by atoms with Crippen molar-refractivity contribution in [2.45, 2.75) is 23.9 Å². The molecule has 194 valence electrons. The van der Waals surface area contributed by atoms with E-state index in [1.54, 1.807) is 18.2 Å². The molecule has 1 aliphatic heterocycles. The van der Waals surface area contributed by atoms with Gasteiger partial charge in [0.25, 0.3) is 15.9 Å². The van der Waals surface area contributed by atoms with Crippen molar-refractivity contribution in [1.82, 2.24) is 4.90 Å². The summed E-state index contributed by atoms with van der Waals surface area (Å²) in [6, 6.07) is 19.4. The lowest BCUT2D eigenvalue weighted by Gasteiger charge is -2.35. The number of carbonyl (C=O) groups excluding carboxylic acids is 2. The molecule has 5 rings (SSSR count). The largest absolute Gasteiger partial charge is 0.506 e. The van der Waals surface area contributed by atoms with Crippen LogP contribution in [0.25, 0.3) is 0 Å². The summed E-state index contributed by atoms with van der Waals surface area (Å²) in [7, 11) is -4.07. The number of hydrogen-bond donors (Lipinski definition) is 3. The Morgan fingerprint density at radius 3 is 2.50 bits per heavy atom. The number of halogens is 1. The van der Waals surface area contributed by atoms with Crippen LogP contribution in [0.15, 0.2) is 94.4 Å². The van der Waals surface area contributed by atoms with E-state index in [2.05, 4.69) is 10.0 Å². The Bertz CT molecular complexity index is 1620. The maximum absolute atomic E-state index is 13.5. The van der Waals surface area contributed by atoms with E-state index in [-0.39, 0.29) is 40.7 Å². The van der Waals surface area contributed by atoms with E-state index in [4.69, 9.17) is 16.0 Å². The molecule has 0 saturated heterocycles. The fourth-order valence-electron chi connectivity index (χ4n) is 4.28. The van der Waals surface area contributed by atoms with Crippen LogP contribution >= 0.6 is 11.6 Å². The van der Waals surface area contributed by atoms with Crippen LogP contribution in [0.4, 0.5) is 11.4 Å². The quantitative estimate of drug-likeness (QED) is 0.299. The predicted molar refractivity (Wildman–Crippen MR) is 142 cm³/mol. The smallest absolute Gasteiger partial charge is 0.290 e. The number of amides is 2. The van der Waals surface area contributed by atoms with Gasteiger partial charge in [-0.15, -0.1) is 0 Å². The van der Waals surface area contributed by atoms with Crippen molar-refractivity contribution >= 4 is 44.8 Å². The van der Waals surface area contributed by atoms with Gasteiger partial charge in [0.05, 0.1) is 22.5 Å². The SMILES string of the molecule is O=C(Nc1cc(S(=O)(=O)Nc2cccc(Cl)c2)ccc1O)C1Cc2ccccc2CN1C(=O)c1ccco1. The summed E-state index contributed by atoms with van der Waals surface area (Å²) in [5, 5.41) is 13.4. The second-order valence-electron chi connectivity index (χ2n) is 8.68. The third-order valence-corrected chi connectivity index (χ3v) is 7.77. The normalized spacial score (nSPS) is 15.0. The lowest BCUT2D eigenvalue weighted by Crippen LogP contribution is -2.50. The highest BCUT2D eigenvalue weighted by Crippen LogP contribution is 2.30. The second kappa shape index (κ2) is 10.2. The van der Waals surface area contributed by atoms with E-state index < -0.39 is 27.9 Å². The molecule has 2 heterocycles. The Kier molecular flexibility index (Phi) is 6.83. The first-order valence-corrected chi connectivity index (χ1v) is 13.4. The molecule has 0 bridgehead atoms. The first kappa shape index (κ1) is 25.4. The maximum atomic E-state index is 13.5. The predicted octanol–water partition coefficient (Wildman–Crippen LogP) is 4.65. The number of phenols is 1. The number of furan rings is 1. The Morgan fingerprint density at radius 1 is 0.974 bits per heavy atom. The molecule has 0 spiro atoms. The summed E-state index contributed by atoms with van der Waals surface area (Å²) in [5.41, 5.74) is 1.94. The van der Waals surface area contributed by atoms with E-state index in [0.717, 1.165) is 17.2 Å². The van der Waals surface area contributed by atoms with Crippen LogP contribution in [0.2, 0.25) is 5.02 Å². The molecule has 4 aromatic rings. The summed E-state index contributed by atoms with van der Waals surface area (Å²) in [4.78, 5) is 27.9. The first-order valence-electron chi connectivity index (χ1n) is 11.5. The van der Waals surface area contributed by atoms with Crippen LogP contribution in [0.5, 0.6) is 5.75 Å². The van der Waals surface area contributed by atoms with Crippen LogP contribution in [0.3, 0.4) is 0 Å². The Balaban J connectivity index is 1.42. The van der Waals surface area contributed by atoms with Gasteiger partial charge in [-0.25, -0.2) is 8.42 Å². The van der Waals surface area contributed by atoms with Gasteiger partial charge in [0, 0.05) is 18.0 Å². The summed E-state index contributed by atoms with van der Waals surface area (Å²) in [6.07, 6.45) is 1.60. The maximum Gasteiger partial charge on any atom is 0.290 e. The van der Waals surface area contributed by atoms with Crippen LogP contribution in [-0.2, 0) is 27.8 Å². The molecule has 0 saturated carbocycles. The second-order valence-corrected chi connectivity index (χ2v) is 10.8. The lowest BCUT2D eigenvalue weighted by atomic mass is 9.93. The summed E-state index contributed by atoms with van der Waals surface area (Å²) < 4.78 is 33.6. The molecule has 1 aliphatic rings. The summed E-state index contributed by atoms with van der Waals surface area (Å²) >= 11 is 5.95. The zero-order chi connectivity index (χ0) is 26.9. The minimum absolute atomic E-state index is 0.0882. The third-order valence-electron chi connectivity index (χ3n) is 6.16. The van der Waals surface area contributed by atoms with Gasteiger partial charge in [0.15, 0.2) is 5.76 Å². The van der Waals surface area contributed by atoms with E-state index >= 15 is 0 Å². The number of anilines is 2. The Morgan fingerprint density at radius 2 is 1.76 bits per heavy atom. The molecule has 0 fully saturated rings. The molecule has 0 aliphatic carbocycles. The summed E-state index contributed by atoms with van der Waals surface area (Å²) in [6.45, 7) is 0.178. The van der Waals surface area contributed by atoms with Crippen molar-refractivity contribution in [3.8, 4) is 5.75 Å². The van der Waals surface area contributed by atoms with Crippen LogP contribution in [0.1, 0.15) is 21.7 Å². The molecule has 2 amide bonds. The molecule has 0 radical (unpaired) electrons. The van der Waals surface area contributed by atoms with E-state index in [1.165, 1.54) is 41.5 Å². The molecule has 11 heteroatoms. The highest BCUT2D eigenvalue weighted by molar-refractivity contribution is 7.92. The zero-order valence-corrected chi connectivity index (χ0v) is 21.4. The highest BCUT2D eigenvalue weighted by atomic mass is 35.5. The van der Waals surface area contributed by atoms with Crippen molar-refractivity contribution < 1.29 is 27.5 Å². The van der Waals surface area contributed by atoms with E-state index in [1.807, 2.05) is 24.3 Å². The average Bonchev–Trinajstić information content (AvgIpc) is 3.43. The van der Waals surface area contributed by atoms with Crippen molar-refractivity contribution in [3.63, 3.8) is 0 Å². The van der Waals surface area contributed by atoms with Gasteiger partial charge in [-0.3, -0.25) is 14.3 Å². The van der Waals surface area contributed by atoms with Crippen molar-refractivity contribution in [1.29, 1.82) is 0 Å². The first-order chi connectivity index (χ1) is 18.2. The number of nitrogens with one attached hydrogen (secondary N) is 2. The van der Waals surface area contributed by atoms with Crippen molar-refractivity contribution in [3.05, 3.63) is 107 Å². The molecule has 1 atom stereocenters. The zero-order valence-electron chi connectivity index (χ0n) is 19.8. The number of hydrogen-bond acceptors (Lipinski definition) is 6. The van der Waals surface area contributed by atoms with Crippen molar-refractivity contribution in [2.75, 3.05) is 10.0 Å². The number of fused-ring (bicyclic) bond motifs is 1. The monoisotopic (exact) mass is 551 g/mol. The third kappa shape index (κ3) is 5.22. The van der Waals surface area contributed by atoms with Crippen LogP contribution in [0, 0.1) is 0 Å². The van der Waals surface area contributed by atoms with Gasteiger partial charge in [0.2, 0.25) is 5.91 Å². The number of carbonyl (C=O) groups is 2. The molecule has 3 aromatic carbocycles. The van der Waals surface area contributed by atoms with Gasteiger partial charge < -0.3 is 19.7 Å². The number of rotatable bonds is 6. The van der Waals surface area contributed by atoms with Gasteiger partial charge in [-0.2, -0.15) is 0 Å².